The van der Waals surface area contributed by atoms with Gasteiger partial charge in [-0.3, -0.25) is 14.5 Å². The number of amides is 1. The molecular formula is C23H20F3N5O8. The van der Waals surface area contributed by atoms with Crippen LogP contribution in [0.3, 0.4) is 0 Å². The molecule has 16 heteroatoms. The van der Waals surface area contributed by atoms with E-state index in [1.807, 2.05) is 0 Å². The van der Waals surface area contributed by atoms with Gasteiger partial charge in [0.05, 0.1) is 37.7 Å². The Bertz CT molecular complexity index is 1380. The van der Waals surface area contributed by atoms with E-state index in [1.54, 1.807) is 12.1 Å². The van der Waals surface area contributed by atoms with Crippen LogP contribution in [0.2, 0.25) is 0 Å². The number of alkyl halides is 3. The van der Waals surface area contributed by atoms with Crippen LogP contribution in [0.25, 0.3) is 11.1 Å². The van der Waals surface area contributed by atoms with Crippen molar-refractivity contribution in [3.05, 3.63) is 58.5 Å². The number of aliphatic hydroxyl groups is 1. The fourth-order valence-corrected chi connectivity index (χ4v) is 4.09. The van der Waals surface area contributed by atoms with E-state index in [4.69, 9.17) is 14.2 Å². The normalized spacial score (nSPS) is 18.9. The summed E-state index contributed by atoms with van der Waals surface area (Å²) in [5.74, 6) is -0.879. The van der Waals surface area contributed by atoms with Crippen molar-refractivity contribution in [2.24, 2.45) is 0 Å². The lowest BCUT2D eigenvalue weighted by atomic mass is 10.1. The van der Waals surface area contributed by atoms with Crippen molar-refractivity contribution >= 4 is 17.6 Å². The van der Waals surface area contributed by atoms with E-state index < -0.39 is 41.9 Å². The molecule has 1 amide bonds. The average Bonchev–Trinajstić information content (AvgIpc) is 3.50. The number of rotatable bonds is 8. The van der Waals surface area contributed by atoms with Crippen molar-refractivity contribution < 1.29 is 46.9 Å². The lowest BCUT2D eigenvalue weighted by Gasteiger charge is -2.22. The molecule has 4 heterocycles. The van der Waals surface area contributed by atoms with E-state index in [1.165, 1.54) is 29.1 Å². The molecule has 2 aliphatic rings. The van der Waals surface area contributed by atoms with E-state index in [9.17, 15) is 33.2 Å². The molecule has 2 aromatic heterocycles. The molecule has 1 N–H and O–H groups in total. The second kappa shape index (κ2) is 10.4. The lowest BCUT2D eigenvalue weighted by molar-refractivity contribution is -0.389. The fraction of sp³-hybridized carbons (Fsp3) is 0.348. The van der Waals surface area contributed by atoms with E-state index in [2.05, 4.69) is 14.7 Å². The number of hydrogen-bond donors (Lipinski definition) is 1. The molecule has 0 saturated carbocycles. The zero-order chi connectivity index (χ0) is 27.7. The van der Waals surface area contributed by atoms with Crippen LogP contribution in [0.15, 0.2) is 42.7 Å². The molecular weight excluding hydrogens is 531 g/mol. The molecule has 13 nitrogen and oxygen atoms in total. The number of anilines is 1. The van der Waals surface area contributed by atoms with Crippen LogP contribution in [0, 0.1) is 10.1 Å². The van der Waals surface area contributed by atoms with Gasteiger partial charge in [-0.2, -0.15) is 0 Å². The van der Waals surface area contributed by atoms with E-state index in [-0.39, 0.29) is 49.4 Å². The quantitative estimate of drug-likeness (QED) is 0.327. The second-order valence-corrected chi connectivity index (χ2v) is 8.60. The van der Waals surface area contributed by atoms with Crippen LogP contribution in [0.1, 0.15) is 5.69 Å². The maximum Gasteiger partial charge on any atom is 0.573 e. The molecule has 0 radical (unpaired) electrons. The summed E-state index contributed by atoms with van der Waals surface area (Å²) < 4.78 is 61.4. The third-order valence-electron chi connectivity index (χ3n) is 5.90. The molecule has 0 bridgehead atoms. The van der Waals surface area contributed by atoms with Gasteiger partial charge in [0, 0.05) is 28.4 Å². The van der Waals surface area contributed by atoms with Gasteiger partial charge in [-0.25, -0.2) is 4.79 Å². The predicted molar refractivity (Wildman–Crippen MR) is 124 cm³/mol. The highest BCUT2D eigenvalue weighted by Gasteiger charge is 2.35. The largest absolute Gasteiger partial charge is 0.573 e. The number of benzene rings is 1. The van der Waals surface area contributed by atoms with Crippen molar-refractivity contribution in [3.8, 4) is 22.9 Å². The fourth-order valence-electron chi connectivity index (χ4n) is 4.09. The Balaban J connectivity index is 1.28. The van der Waals surface area contributed by atoms with Crippen molar-refractivity contribution in [1.82, 2.24) is 14.5 Å². The number of nitrogens with zero attached hydrogens (tertiary/aromatic N) is 5. The molecule has 0 aliphatic carbocycles. The number of carbonyl (C=O) groups excluding carboxylic acids is 1. The molecule has 2 atom stereocenters. The molecule has 5 rings (SSSR count). The summed E-state index contributed by atoms with van der Waals surface area (Å²) in [6.45, 7) is 0.00736. The SMILES string of the molecule is O=C1OC(CO)CN1c1ccc(-c2ccc(COC3COc4nc([N+](=O)[O-])cn4C3)nc2)c(OC(F)(F)F)c1. The Hall–Kier alpha value is -4.44. The second-order valence-electron chi connectivity index (χ2n) is 8.60. The predicted octanol–water partition coefficient (Wildman–Crippen LogP) is 3.05. The number of imidazole rings is 1. The Morgan fingerprint density at radius 1 is 1.23 bits per heavy atom. The van der Waals surface area contributed by atoms with Crippen LogP contribution in [0.5, 0.6) is 11.8 Å². The standard InChI is InChI=1S/C23H20F3N5O8/c24-23(25,26)39-19-5-15(30-8-16(10-32)38-22(30)33)3-4-18(19)13-1-2-14(27-6-13)11-36-17-7-29-9-20(31(34)35)28-21(29)37-12-17/h1-6,9,16-17,32H,7-8,10-12H2. The van der Waals surface area contributed by atoms with Gasteiger partial charge < -0.3 is 34.2 Å². The molecule has 0 spiro atoms. The third kappa shape index (κ3) is 5.85. The number of pyridine rings is 1. The zero-order valence-corrected chi connectivity index (χ0v) is 19.9. The van der Waals surface area contributed by atoms with Gasteiger partial charge in [0.1, 0.15) is 30.8 Å². The summed E-state index contributed by atoms with van der Waals surface area (Å²) in [6, 6.07) is 7.12. The molecule has 1 saturated heterocycles. The summed E-state index contributed by atoms with van der Waals surface area (Å²) in [5, 5.41) is 20.1. The Labute approximate surface area is 217 Å². The highest BCUT2D eigenvalue weighted by Crippen LogP contribution is 2.37. The molecule has 206 valence electrons. The molecule has 1 aromatic carbocycles. The number of nitro groups is 1. The van der Waals surface area contributed by atoms with Crippen molar-refractivity contribution in [3.63, 3.8) is 0 Å². The minimum Gasteiger partial charge on any atom is -0.443 e. The molecule has 1 fully saturated rings. The van der Waals surface area contributed by atoms with Crippen molar-refractivity contribution in [2.45, 2.75) is 31.7 Å². The Morgan fingerprint density at radius 3 is 2.72 bits per heavy atom. The lowest BCUT2D eigenvalue weighted by Crippen LogP contribution is -2.32. The first-order chi connectivity index (χ1) is 18.6. The summed E-state index contributed by atoms with van der Waals surface area (Å²) in [4.78, 5) is 31.5. The third-order valence-corrected chi connectivity index (χ3v) is 5.90. The van der Waals surface area contributed by atoms with Crippen molar-refractivity contribution in [2.75, 3.05) is 24.7 Å². The Morgan fingerprint density at radius 2 is 2.05 bits per heavy atom. The monoisotopic (exact) mass is 551 g/mol. The summed E-state index contributed by atoms with van der Waals surface area (Å²) >= 11 is 0. The van der Waals surface area contributed by atoms with Crippen LogP contribution < -0.4 is 14.4 Å². The van der Waals surface area contributed by atoms with E-state index in [0.29, 0.717) is 11.3 Å². The van der Waals surface area contributed by atoms with Gasteiger partial charge >= 0.3 is 24.3 Å². The number of hydrogen-bond acceptors (Lipinski definition) is 10. The summed E-state index contributed by atoms with van der Waals surface area (Å²) in [6.07, 6.45) is -4.40. The van der Waals surface area contributed by atoms with Crippen molar-refractivity contribution in [1.29, 1.82) is 0 Å². The Kier molecular flexibility index (Phi) is 6.96. The van der Waals surface area contributed by atoms with E-state index >= 15 is 0 Å². The van der Waals surface area contributed by atoms with Gasteiger partial charge in [-0.05, 0) is 23.1 Å². The summed E-state index contributed by atoms with van der Waals surface area (Å²) in [7, 11) is 0. The molecule has 39 heavy (non-hydrogen) atoms. The first kappa shape index (κ1) is 26.2. The minimum absolute atomic E-state index is 0.0263. The highest BCUT2D eigenvalue weighted by molar-refractivity contribution is 5.91. The molecule has 2 unspecified atom stereocenters. The zero-order valence-electron chi connectivity index (χ0n) is 19.9. The summed E-state index contributed by atoms with van der Waals surface area (Å²) in [5.41, 5.74) is 0.985. The first-order valence-electron chi connectivity index (χ1n) is 11.5. The number of halogens is 3. The van der Waals surface area contributed by atoms with Crippen LogP contribution in [-0.2, 0) is 22.6 Å². The number of cyclic esters (lactones) is 1. The maximum absolute atomic E-state index is 13.2. The maximum atomic E-state index is 13.2. The minimum atomic E-state index is -4.99. The van der Waals surface area contributed by atoms with Gasteiger partial charge in [0.25, 0.3) is 0 Å². The number of fused-ring (bicyclic) bond motifs is 1. The van der Waals surface area contributed by atoms with Crippen LogP contribution in [-0.4, -0.2) is 69.0 Å². The van der Waals surface area contributed by atoms with Gasteiger partial charge in [0.15, 0.2) is 0 Å². The van der Waals surface area contributed by atoms with Crippen LogP contribution in [0.4, 0.5) is 29.5 Å². The van der Waals surface area contributed by atoms with E-state index in [0.717, 1.165) is 11.0 Å². The topological polar surface area (TPSA) is 151 Å². The molecule has 2 aliphatic heterocycles. The smallest absolute Gasteiger partial charge is 0.443 e. The molecule has 3 aromatic rings. The first-order valence-corrected chi connectivity index (χ1v) is 11.5. The number of aromatic nitrogens is 3. The van der Waals surface area contributed by atoms with Gasteiger partial charge in [0.2, 0.25) is 0 Å². The number of aliphatic hydroxyl groups excluding tert-OH is 1. The number of carbonyl (C=O) groups is 1. The van der Waals surface area contributed by atoms with Crippen LogP contribution >= 0.6 is 0 Å². The average molecular weight is 551 g/mol. The van der Waals surface area contributed by atoms with Gasteiger partial charge in [-0.1, -0.05) is 6.07 Å². The highest BCUT2D eigenvalue weighted by atomic mass is 19.4. The van der Waals surface area contributed by atoms with Gasteiger partial charge in [-0.15, -0.1) is 13.2 Å². The number of ether oxygens (including phenoxy) is 4.